The van der Waals surface area contributed by atoms with Gasteiger partial charge in [0.1, 0.15) is 12.4 Å². The predicted molar refractivity (Wildman–Crippen MR) is 118 cm³/mol. The first-order chi connectivity index (χ1) is 15.8. The van der Waals surface area contributed by atoms with Gasteiger partial charge >= 0.3 is 12.3 Å². The monoisotopic (exact) mass is 455 g/mol. The summed E-state index contributed by atoms with van der Waals surface area (Å²) in [5.74, 6) is -1.00. The molecule has 1 N–H and O–H groups in total. The zero-order chi connectivity index (χ0) is 23.4. The first kappa shape index (κ1) is 22.6. The number of rotatable bonds is 6. The fraction of sp³-hybridized carbons (Fsp3) is 0.192. The lowest BCUT2D eigenvalue weighted by atomic mass is 9.98. The topological polar surface area (TPSA) is 38.3 Å². The molecular weight excluding hydrogens is 434 g/mol. The number of ether oxygens (including phenoxy) is 1. The fourth-order valence-corrected chi connectivity index (χ4v) is 4.04. The molecule has 170 valence electrons. The molecule has 7 heteroatoms. The van der Waals surface area contributed by atoms with Crippen molar-refractivity contribution in [3.63, 3.8) is 0 Å². The van der Waals surface area contributed by atoms with E-state index in [0.29, 0.717) is 12.5 Å². The number of fused-ring (bicyclic) bond motifs is 3. The number of benzene rings is 3. The summed E-state index contributed by atoms with van der Waals surface area (Å²) in [7, 11) is 0. The zero-order valence-corrected chi connectivity index (χ0v) is 17.5. The van der Waals surface area contributed by atoms with Crippen molar-refractivity contribution in [1.29, 1.82) is 0 Å². The van der Waals surface area contributed by atoms with E-state index in [1.54, 1.807) is 0 Å². The van der Waals surface area contributed by atoms with Crippen LogP contribution < -0.4 is 5.32 Å². The van der Waals surface area contributed by atoms with Crippen molar-refractivity contribution < 1.29 is 27.1 Å². The fourth-order valence-electron chi connectivity index (χ4n) is 4.04. The Hall–Kier alpha value is -3.61. The number of carbonyl (C=O) groups excluding carboxylic acids is 1. The molecule has 0 atom stereocenters. The minimum atomic E-state index is -4.65. The van der Waals surface area contributed by atoms with Crippen LogP contribution in [-0.2, 0) is 10.9 Å². The van der Waals surface area contributed by atoms with E-state index in [0.717, 1.165) is 34.4 Å². The van der Waals surface area contributed by atoms with E-state index < -0.39 is 23.7 Å². The number of halogens is 4. The SMILES string of the molecule is O=C(NCCC=Cc1ccc(F)cc1C(F)(F)F)OCC1c2ccccc2-c2ccccc21. The second-order valence-electron chi connectivity index (χ2n) is 7.67. The van der Waals surface area contributed by atoms with Crippen molar-refractivity contribution in [3.05, 3.63) is 101 Å². The van der Waals surface area contributed by atoms with Crippen LogP contribution in [0.3, 0.4) is 0 Å². The lowest BCUT2D eigenvalue weighted by molar-refractivity contribution is -0.137. The van der Waals surface area contributed by atoms with E-state index in [1.807, 2.05) is 48.5 Å². The summed E-state index contributed by atoms with van der Waals surface area (Å²) in [6.07, 6.45) is -2.20. The maximum atomic E-state index is 13.2. The molecule has 0 saturated heterocycles. The molecule has 0 bridgehead atoms. The first-order valence-electron chi connectivity index (χ1n) is 10.5. The average Bonchev–Trinajstić information content (AvgIpc) is 3.11. The van der Waals surface area contributed by atoms with Crippen molar-refractivity contribution in [2.24, 2.45) is 0 Å². The maximum Gasteiger partial charge on any atom is 0.417 e. The molecule has 4 rings (SSSR count). The molecule has 0 aliphatic heterocycles. The third-order valence-corrected chi connectivity index (χ3v) is 5.54. The van der Waals surface area contributed by atoms with Gasteiger partial charge in [-0.25, -0.2) is 9.18 Å². The molecule has 33 heavy (non-hydrogen) atoms. The first-order valence-corrected chi connectivity index (χ1v) is 10.5. The maximum absolute atomic E-state index is 13.2. The van der Waals surface area contributed by atoms with E-state index in [1.165, 1.54) is 12.2 Å². The van der Waals surface area contributed by atoms with Crippen LogP contribution in [0.25, 0.3) is 17.2 Å². The lowest BCUT2D eigenvalue weighted by Crippen LogP contribution is -2.26. The van der Waals surface area contributed by atoms with E-state index in [4.69, 9.17) is 4.74 Å². The molecule has 3 aromatic carbocycles. The highest BCUT2D eigenvalue weighted by atomic mass is 19.4. The van der Waals surface area contributed by atoms with Gasteiger partial charge in [-0.2, -0.15) is 13.2 Å². The molecule has 3 aromatic rings. The molecule has 1 aliphatic carbocycles. The molecule has 0 unspecified atom stereocenters. The molecule has 0 aromatic heterocycles. The van der Waals surface area contributed by atoms with Crippen LogP contribution in [0.15, 0.2) is 72.8 Å². The highest BCUT2D eigenvalue weighted by Gasteiger charge is 2.33. The highest BCUT2D eigenvalue weighted by molar-refractivity contribution is 5.79. The van der Waals surface area contributed by atoms with Crippen LogP contribution >= 0.6 is 0 Å². The molecule has 0 spiro atoms. The second kappa shape index (κ2) is 9.48. The summed E-state index contributed by atoms with van der Waals surface area (Å²) in [4.78, 5) is 12.1. The third kappa shape index (κ3) is 5.08. The summed E-state index contributed by atoms with van der Waals surface area (Å²) in [5.41, 5.74) is 3.30. The van der Waals surface area contributed by atoms with Crippen molar-refractivity contribution >= 4 is 12.2 Å². The minimum Gasteiger partial charge on any atom is -0.449 e. The Labute approximate surface area is 188 Å². The molecule has 0 fully saturated rings. The summed E-state index contributed by atoms with van der Waals surface area (Å²) in [5, 5.41) is 2.60. The lowest BCUT2D eigenvalue weighted by Gasteiger charge is -2.14. The zero-order valence-electron chi connectivity index (χ0n) is 17.5. The summed E-state index contributed by atoms with van der Waals surface area (Å²) in [6, 6.07) is 18.5. The van der Waals surface area contributed by atoms with Crippen molar-refractivity contribution in [2.75, 3.05) is 13.2 Å². The number of carbonyl (C=O) groups is 1. The van der Waals surface area contributed by atoms with E-state index in [9.17, 15) is 22.4 Å². The number of alkyl carbamates (subject to hydrolysis) is 1. The van der Waals surface area contributed by atoms with Gasteiger partial charge in [0.05, 0.1) is 5.56 Å². The van der Waals surface area contributed by atoms with Crippen molar-refractivity contribution in [1.82, 2.24) is 5.32 Å². The normalized spacial score (nSPS) is 13.1. The Balaban J connectivity index is 1.29. The Morgan fingerprint density at radius 2 is 1.61 bits per heavy atom. The summed E-state index contributed by atoms with van der Waals surface area (Å²) >= 11 is 0. The molecule has 0 saturated carbocycles. The van der Waals surface area contributed by atoms with Gasteiger partial charge in [0.2, 0.25) is 0 Å². The van der Waals surface area contributed by atoms with Gasteiger partial charge in [0, 0.05) is 12.5 Å². The standard InChI is InChI=1S/C26H21F4NO2/c27-18-13-12-17(24(15-18)26(28,29)30)7-5-6-14-31-25(32)33-16-23-21-10-3-1-8-19(21)20-9-2-4-11-22(20)23/h1-5,7-13,15,23H,6,14,16H2,(H,31,32). The van der Waals surface area contributed by atoms with Crippen LogP contribution in [0.2, 0.25) is 0 Å². The molecule has 1 amide bonds. The van der Waals surface area contributed by atoms with Crippen LogP contribution in [0.5, 0.6) is 0 Å². The number of hydrogen-bond acceptors (Lipinski definition) is 2. The van der Waals surface area contributed by atoms with Gasteiger partial charge in [0.15, 0.2) is 0 Å². The number of nitrogens with one attached hydrogen (secondary N) is 1. The van der Waals surface area contributed by atoms with Crippen LogP contribution in [0.4, 0.5) is 22.4 Å². The smallest absolute Gasteiger partial charge is 0.417 e. The van der Waals surface area contributed by atoms with Crippen LogP contribution in [0, 0.1) is 5.82 Å². The van der Waals surface area contributed by atoms with Gasteiger partial charge in [-0.3, -0.25) is 0 Å². The summed E-state index contributed by atoms with van der Waals surface area (Å²) < 4.78 is 57.7. The van der Waals surface area contributed by atoms with Crippen molar-refractivity contribution in [2.45, 2.75) is 18.5 Å². The average molecular weight is 455 g/mol. The Morgan fingerprint density at radius 3 is 2.24 bits per heavy atom. The van der Waals surface area contributed by atoms with Crippen LogP contribution in [-0.4, -0.2) is 19.2 Å². The Morgan fingerprint density at radius 1 is 0.970 bits per heavy atom. The largest absolute Gasteiger partial charge is 0.449 e. The third-order valence-electron chi connectivity index (χ3n) is 5.54. The van der Waals surface area contributed by atoms with E-state index >= 15 is 0 Å². The predicted octanol–water partition coefficient (Wildman–Crippen LogP) is 6.79. The van der Waals surface area contributed by atoms with E-state index in [-0.39, 0.29) is 24.6 Å². The molecule has 1 aliphatic rings. The Kier molecular flexibility index (Phi) is 6.49. The second-order valence-corrected chi connectivity index (χ2v) is 7.67. The molecule has 3 nitrogen and oxygen atoms in total. The Bertz CT molecular complexity index is 1140. The number of amides is 1. The van der Waals surface area contributed by atoms with E-state index in [2.05, 4.69) is 5.32 Å². The summed E-state index contributed by atoms with van der Waals surface area (Å²) in [6.45, 7) is 0.371. The molecule has 0 radical (unpaired) electrons. The highest BCUT2D eigenvalue weighted by Crippen LogP contribution is 2.44. The molecular formula is C26H21F4NO2. The number of alkyl halides is 3. The van der Waals surface area contributed by atoms with Gasteiger partial charge in [-0.05, 0) is 46.4 Å². The van der Waals surface area contributed by atoms with Gasteiger partial charge in [-0.1, -0.05) is 66.7 Å². The van der Waals surface area contributed by atoms with Crippen LogP contribution in [0.1, 0.15) is 34.6 Å². The molecule has 0 heterocycles. The van der Waals surface area contributed by atoms with Gasteiger partial charge in [0.25, 0.3) is 0 Å². The van der Waals surface area contributed by atoms with Crippen molar-refractivity contribution in [3.8, 4) is 11.1 Å². The number of hydrogen-bond donors (Lipinski definition) is 1. The minimum absolute atomic E-state index is 0.0534. The quantitative estimate of drug-likeness (QED) is 0.328. The van der Waals surface area contributed by atoms with Gasteiger partial charge in [-0.15, -0.1) is 0 Å². The van der Waals surface area contributed by atoms with Gasteiger partial charge < -0.3 is 10.1 Å².